The second-order valence-corrected chi connectivity index (χ2v) is 5.16. The van der Waals surface area contributed by atoms with Crippen molar-refractivity contribution in [3.8, 4) is 0 Å². The van der Waals surface area contributed by atoms with E-state index >= 15 is 0 Å². The van der Waals surface area contributed by atoms with Crippen molar-refractivity contribution in [3.63, 3.8) is 0 Å². The maximum Gasteiger partial charge on any atom is 0.165 e. The molecule has 0 radical (unpaired) electrons. The number of rotatable bonds is 6. The molecule has 1 aromatic rings. The van der Waals surface area contributed by atoms with Crippen molar-refractivity contribution in [2.75, 3.05) is 13.7 Å². The van der Waals surface area contributed by atoms with Crippen molar-refractivity contribution in [2.24, 2.45) is 0 Å². The fourth-order valence-electron chi connectivity index (χ4n) is 1.51. The minimum atomic E-state index is 0.0553. The van der Waals surface area contributed by atoms with E-state index in [1.165, 1.54) is 0 Å². The summed E-state index contributed by atoms with van der Waals surface area (Å²) in [5.41, 5.74) is 0.0553. The molecule has 17 heavy (non-hydrogen) atoms. The van der Waals surface area contributed by atoms with Gasteiger partial charge in [0.25, 0.3) is 0 Å². The Bertz CT molecular complexity index is 331. The number of hydrogen-bond acceptors (Lipinski definition) is 5. The highest BCUT2D eigenvalue weighted by atomic mass is 16.5. The Morgan fingerprint density at radius 2 is 2.12 bits per heavy atom. The first-order valence-electron chi connectivity index (χ1n) is 5.98. The molecular formula is C11H23N5O. The molecule has 0 aliphatic heterocycles. The maximum atomic E-state index is 5.18. The van der Waals surface area contributed by atoms with Gasteiger partial charge in [-0.1, -0.05) is 6.92 Å². The molecule has 0 aliphatic carbocycles. The molecule has 98 valence electrons. The lowest BCUT2D eigenvalue weighted by atomic mass is 10.1. The highest BCUT2D eigenvalue weighted by Crippen LogP contribution is 2.12. The molecule has 6 heteroatoms. The van der Waals surface area contributed by atoms with Gasteiger partial charge in [0, 0.05) is 12.6 Å². The second-order valence-electron chi connectivity index (χ2n) is 5.16. The minimum Gasteiger partial charge on any atom is -0.382 e. The highest BCUT2D eigenvalue weighted by molar-refractivity contribution is 4.86. The predicted molar refractivity (Wildman–Crippen MR) is 65.6 cm³/mol. The molecule has 6 nitrogen and oxygen atoms in total. The Hall–Kier alpha value is -1.01. The van der Waals surface area contributed by atoms with E-state index in [1.54, 1.807) is 7.11 Å². The van der Waals surface area contributed by atoms with Crippen LogP contribution >= 0.6 is 0 Å². The van der Waals surface area contributed by atoms with E-state index in [-0.39, 0.29) is 11.6 Å². The van der Waals surface area contributed by atoms with Crippen LogP contribution < -0.4 is 5.32 Å². The second kappa shape index (κ2) is 6.07. The average molecular weight is 241 g/mol. The van der Waals surface area contributed by atoms with E-state index in [1.807, 2.05) is 4.68 Å². The molecule has 0 saturated carbocycles. The van der Waals surface area contributed by atoms with E-state index in [2.05, 4.69) is 48.5 Å². The summed E-state index contributed by atoms with van der Waals surface area (Å²) >= 11 is 0. The molecule has 0 aliphatic rings. The van der Waals surface area contributed by atoms with E-state index < -0.39 is 0 Å². The zero-order valence-electron chi connectivity index (χ0n) is 11.4. The van der Waals surface area contributed by atoms with Crippen LogP contribution in [0.2, 0.25) is 0 Å². The van der Waals surface area contributed by atoms with E-state index in [4.69, 9.17) is 4.74 Å². The first-order chi connectivity index (χ1) is 7.98. The van der Waals surface area contributed by atoms with Gasteiger partial charge in [0.2, 0.25) is 0 Å². The van der Waals surface area contributed by atoms with Gasteiger partial charge in [0.05, 0.1) is 19.2 Å². The van der Waals surface area contributed by atoms with Crippen LogP contribution in [0.25, 0.3) is 0 Å². The topological polar surface area (TPSA) is 64.9 Å². The molecule has 0 fully saturated rings. The van der Waals surface area contributed by atoms with Crippen LogP contribution in [0.4, 0.5) is 0 Å². The van der Waals surface area contributed by atoms with Crippen molar-refractivity contribution in [2.45, 2.75) is 52.2 Å². The summed E-state index contributed by atoms with van der Waals surface area (Å²) in [6.45, 7) is 9.75. The Kier molecular flexibility index (Phi) is 5.02. The summed E-state index contributed by atoms with van der Waals surface area (Å²) in [7, 11) is 1.69. The number of ether oxygens (including phenoxy) is 1. The molecular weight excluding hydrogens is 218 g/mol. The van der Waals surface area contributed by atoms with Crippen LogP contribution in [0.15, 0.2) is 0 Å². The molecule has 0 amide bonds. The van der Waals surface area contributed by atoms with E-state index in [0.29, 0.717) is 13.2 Å². The molecule has 0 saturated heterocycles. The molecule has 1 unspecified atom stereocenters. The van der Waals surface area contributed by atoms with Crippen molar-refractivity contribution in [1.82, 2.24) is 25.5 Å². The largest absolute Gasteiger partial charge is 0.382 e. The van der Waals surface area contributed by atoms with Gasteiger partial charge < -0.3 is 10.1 Å². The van der Waals surface area contributed by atoms with Crippen LogP contribution in [-0.2, 0) is 11.3 Å². The summed E-state index contributed by atoms with van der Waals surface area (Å²) in [4.78, 5) is 0. The first kappa shape index (κ1) is 14.1. The van der Waals surface area contributed by atoms with Gasteiger partial charge in [-0.05, 0) is 37.6 Å². The van der Waals surface area contributed by atoms with Gasteiger partial charge in [0.1, 0.15) is 0 Å². The fourth-order valence-corrected chi connectivity index (χ4v) is 1.51. The molecule has 1 aromatic heterocycles. The van der Waals surface area contributed by atoms with Crippen LogP contribution in [0, 0.1) is 0 Å². The third-order valence-electron chi connectivity index (χ3n) is 2.51. The third-order valence-corrected chi connectivity index (χ3v) is 2.51. The summed E-state index contributed by atoms with van der Waals surface area (Å²) < 4.78 is 7.03. The molecule has 1 rings (SSSR count). The zero-order valence-corrected chi connectivity index (χ0v) is 11.4. The molecule has 0 bridgehead atoms. The summed E-state index contributed by atoms with van der Waals surface area (Å²) in [5.74, 6) is 0.851. The smallest absolute Gasteiger partial charge is 0.165 e. The van der Waals surface area contributed by atoms with E-state index in [9.17, 15) is 0 Å². The molecule has 1 heterocycles. The van der Waals surface area contributed by atoms with Gasteiger partial charge in [-0.25, -0.2) is 4.68 Å². The lowest BCUT2D eigenvalue weighted by molar-refractivity contribution is 0.144. The van der Waals surface area contributed by atoms with E-state index in [0.717, 1.165) is 12.2 Å². The summed E-state index contributed by atoms with van der Waals surface area (Å²) in [5, 5.41) is 15.2. The van der Waals surface area contributed by atoms with Crippen LogP contribution in [0.1, 0.15) is 46.0 Å². The Labute approximate surface area is 103 Å². The Balaban J connectivity index is 2.70. The van der Waals surface area contributed by atoms with Gasteiger partial charge in [-0.2, -0.15) is 0 Å². The van der Waals surface area contributed by atoms with Crippen molar-refractivity contribution in [3.05, 3.63) is 5.82 Å². The first-order valence-corrected chi connectivity index (χ1v) is 5.98. The van der Waals surface area contributed by atoms with Gasteiger partial charge in [-0.3, -0.25) is 0 Å². The number of methoxy groups -OCH3 is 1. The monoisotopic (exact) mass is 241 g/mol. The molecule has 1 N–H and O–H groups in total. The number of tetrazole rings is 1. The molecule has 0 aromatic carbocycles. The number of hydrogen-bond donors (Lipinski definition) is 1. The summed E-state index contributed by atoms with van der Waals surface area (Å²) in [6, 6.07) is 0.201. The van der Waals surface area contributed by atoms with Crippen LogP contribution in [0.5, 0.6) is 0 Å². The Morgan fingerprint density at radius 3 is 2.65 bits per heavy atom. The minimum absolute atomic E-state index is 0.0553. The lowest BCUT2D eigenvalue weighted by Crippen LogP contribution is -2.36. The van der Waals surface area contributed by atoms with Crippen molar-refractivity contribution in [1.29, 1.82) is 0 Å². The standard InChI is InChI=1S/C11H23N5O/c1-6-9(8-17-5)16-10(13-14-15-16)7-12-11(2,3)4/h9,12H,6-8H2,1-5H3. The van der Waals surface area contributed by atoms with Gasteiger partial charge in [0.15, 0.2) is 5.82 Å². The number of nitrogens with zero attached hydrogens (tertiary/aromatic N) is 4. The normalized spacial score (nSPS) is 13.9. The number of nitrogens with one attached hydrogen (secondary N) is 1. The predicted octanol–water partition coefficient (Wildman–Crippen LogP) is 1.16. The third kappa shape index (κ3) is 4.40. The van der Waals surface area contributed by atoms with Gasteiger partial charge >= 0.3 is 0 Å². The van der Waals surface area contributed by atoms with Crippen molar-refractivity contribution >= 4 is 0 Å². The zero-order chi connectivity index (χ0) is 12.9. The highest BCUT2D eigenvalue weighted by Gasteiger charge is 2.17. The van der Waals surface area contributed by atoms with Crippen molar-refractivity contribution < 1.29 is 4.74 Å². The lowest BCUT2D eigenvalue weighted by Gasteiger charge is -2.21. The summed E-state index contributed by atoms with van der Waals surface area (Å²) in [6.07, 6.45) is 0.946. The SMILES string of the molecule is CCC(COC)n1nnnc1CNC(C)(C)C. The maximum absolute atomic E-state index is 5.18. The van der Waals surface area contributed by atoms with Crippen LogP contribution in [-0.4, -0.2) is 39.5 Å². The molecule has 0 spiro atoms. The Morgan fingerprint density at radius 1 is 1.41 bits per heavy atom. The fraction of sp³-hybridized carbons (Fsp3) is 0.909. The number of aromatic nitrogens is 4. The average Bonchev–Trinajstić information content (AvgIpc) is 2.70. The van der Waals surface area contributed by atoms with Crippen LogP contribution in [0.3, 0.4) is 0 Å². The quantitative estimate of drug-likeness (QED) is 0.809. The molecule has 1 atom stereocenters. The van der Waals surface area contributed by atoms with Gasteiger partial charge in [-0.15, -0.1) is 5.10 Å².